The van der Waals surface area contributed by atoms with Crippen LogP contribution in [-0.2, 0) is 21.4 Å². The van der Waals surface area contributed by atoms with Crippen LogP contribution >= 0.6 is 11.6 Å². The minimum absolute atomic E-state index is 0.0858. The van der Waals surface area contributed by atoms with Crippen molar-refractivity contribution in [3.8, 4) is 22.8 Å². The highest BCUT2D eigenvalue weighted by molar-refractivity contribution is 7.89. The number of aromatic nitrogens is 1. The van der Waals surface area contributed by atoms with Gasteiger partial charge in [0.15, 0.2) is 5.03 Å². The first kappa shape index (κ1) is 24.9. The first-order valence-electron chi connectivity index (χ1n) is 11.6. The number of phenols is 1. The van der Waals surface area contributed by atoms with Crippen LogP contribution in [0.5, 0.6) is 11.5 Å². The highest BCUT2D eigenvalue weighted by Crippen LogP contribution is 2.45. The first-order chi connectivity index (χ1) is 17.1. The van der Waals surface area contributed by atoms with Crippen molar-refractivity contribution >= 4 is 27.5 Å². The molecule has 3 aliphatic rings. The summed E-state index contributed by atoms with van der Waals surface area (Å²) in [6.45, 7) is 5.14. The van der Waals surface area contributed by atoms with Crippen LogP contribution in [0.15, 0.2) is 35.9 Å². The quantitative estimate of drug-likeness (QED) is 0.586. The van der Waals surface area contributed by atoms with Crippen LogP contribution in [0.2, 0.25) is 5.02 Å². The van der Waals surface area contributed by atoms with E-state index in [4.69, 9.17) is 16.3 Å². The van der Waals surface area contributed by atoms with E-state index < -0.39 is 21.6 Å². The summed E-state index contributed by atoms with van der Waals surface area (Å²) in [4.78, 5) is 20.2. The van der Waals surface area contributed by atoms with Crippen molar-refractivity contribution in [2.75, 3.05) is 33.3 Å². The molecular formula is C24H26ClFN4O5S. The normalized spacial score (nSPS) is 20.3. The molecule has 1 amide bonds. The van der Waals surface area contributed by atoms with Crippen molar-refractivity contribution in [2.24, 2.45) is 0 Å². The molecule has 2 fully saturated rings. The maximum Gasteiger partial charge on any atom is 0.261 e. The zero-order valence-electron chi connectivity index (χ0n) is 19.7. The molecule has 1 N–H and O–H groups in total. The average molecular weight is 537 g/mol. The second-order valence-corrected chi connectivity index (χ2v) is 11.5. The second kappa shape index (κ2) is 9.29. The summed E-state index contributed by atoms with van der Waals surface area (Å²) in [5, 5.41) is 10.0. The lowest BCUT2D eigenvalue weighted by Crippen LogP contribution is -2.55. The number of benzene rings is 1. The highest BCUT2D eigenvalue weighted by atomic mass is 35.5. The Morgan fingerprint density at radius 2 is 2.11 bits per heavy atom. The zero-order chi connectivity index (χ0) is 25.8. The Hall–Kier alpha value is -2.73. The molecule has 1 aromatic heterocycles. The van der Waals surface area contributed by atoms with Gasteiger partial charge >= 0.3 is 0 Å². The molecule has 0 unspecified atom stereocenters. The Morgan fingerprint density at radius 1 is 1.36 bits per heavy atom. The van der Waals surface area contributed by atoms with E-state index in [1.165, 1.54) is 29.6 Å². The molecule has 1 aromatic carbocycles. The molecule has 9 nitrogen and oxygen atoms in total. The monoisotopic (exact) mass is 536 g/mol. The minimum atomic E-state index is -4.10. The number of fused-ring (bicyclic) bond motifs is 2. The van der Waals surface area contributed by atoms with Gasteiger partial charge in [-0.3, -0.25) is 9.69 Å². The number of halogens is 2. The maximum absolute atomic E-state index is 14.8. The van der Waals surface area contributed by atoms with E-state index in [0.717, 1.165) is 18.9 Å². The lowest BCUT2D eigenvalue weighted by molar-refractivity contribution is -0.129. The molecule has 3 heterocycles. The van der Waals surface area contributed by atoms with E-state index in [2.05, 4.69) is 11.6 Å². The topological polar surface area (TPSA) is 103 Å². The second-order valence-electron chi connectivity index (χ2n) is 9.20. The van der Waals surface area contributed by atoms with Gasteiger partial charge in [0.25, 0.3) is 10.0 Å². The minimum Gasteiger partial charge on any atom is -0.507 e. The van der Waals surface area contributed by atoms with E-state index in [1.54, 1.807) is 4.90 Å². The maximum atomic E-state index is 14.8. The van der Waals surface area contributed by atoms with E-state index in [0.29, 0.717) is 19.6 Å². The number of pyridine rings is 1. The molecular weight excluding hydrogens is 511 g/mol. The lowest BCUT2D eigenvalue weighted by atomic mass is 10.1. The number of amides is 1. The molecule has 1 aliphatic carbocycles. The fraction of sp³-hybridized carbons (Fsp3) is 0.417. The van der Waals surface area contributed by atoms with Crippen LogP contribution in [0.3, 0.4) is 0 Å². The van der Waals surface area contributed by atoms with Gasteiger partial charge in [-0.1, -0.05) is 24.2 Å². The zero-order valence-corrected chi connectivity index (χ0v) is 21.2. The number of nitrogens with zero attached hydrogens (tertiary/aromatic N) is 4. The summed E-state index contributed by atoms with van der Waals surface area (Å²) in [5.41, 5.74) is -0.237. The van der Waals surface area contributed by atoms with E-state index in [9.17, 15) is 22.7 Å². The molecule has 0 radical (unpaired) electrons. The molecule has 1 saturated heterocycles. The lowest BCUT2D eigenvalue weighted by Gasteiger charge is -2.39. The number of carbonyl (C=O) groups excluding carboxylic acids is 1. The molecule has 36 heavy (non-hydrogen) atoms. The number of hydrogen-bond donors (Lipinski definition) is 1. The SMILES string of the molecule is C=CC(=O)N1CCN2Cc3c(S(=O)(=O)N(C)C4CC4)nc(-c4c(O)cccc4F)c(Cl)c3OC[C@H]2C1. The number of phenolic OH excluding ortho intramolecular Hbond substituents is 1. The number of ether oxygens (including phenoxy) is 1. The number of sulfonamides is 1. The number of hydrogen-bond acceptors (Lipinski definition) is 7. The van der Waals surface area contributed by atoms with E-state index in [-0.39, 0.29) is 63.8 Å². The number of piperazine rings is 1. The molecule has 5 rings (SSSR count). The fourth-order valence-electron chi connectivity index (χ4n) is 4.71. The van der Waals surface area contributed by atoms with Crippen molar-refractivity contribution in [2.45, 2.75) is 36.5 Å². The summed E-state index contributed by atoms with van der Waals surface area (Å²) in [6, 6.07) is 3.37. The smallest absolute Gasteiger partial charge is 0.261 e. The largest absolute Gasteiger partial charge is 0.507 e. The number of aromatic hydroxyl groups is 1. The number of carbonyl (C=O) groups is 1. The predicted molar refractivity (Wildman–Crippen MR) is 131 cm³/mol. The molecule has 1 atom stereocenters. The van der Waals surface area contributed by atoms with Crippen molar-refractivity contribution in [3.63, 3.8) is 0 Å². The summed E-state index contributed by atoms with van der Waals surface area (Å²) in [5.74, 6) is -1.33. The third-order valence-corrected chi connectivity index (χ3v) is 9.17. The molecule has 2 aliphatic heterocycles. The Bertz CT molecular complexity index is 1330. The standard InChI is InChI=1S/C24H26ClFN4O5S/c1-3-19(32)30-10-9-29-12-16-23(35-13-15(29)11-30)21(25)22(20-17(26)5-4-6-18(20)31)27-24(16)36(33,34)28(2)14-7-8-14/h3-6,14-15,31H,1,7-13H2,2H3/t15-/m1/s1. The summed E-state index contributed by atoms with van der Waals surface area (Å²) >= 11 is 6.68. The van der Waals surface area contributed by atoms with E-state index in [1.807, 2.05) is 4.90 Å². The third kappa shape index (κ3) is 4.23. The van der Waals surface area contributed by atoms with Crippen LogP contribution in [0.4, 0.5) is 4.39 Å². The molecule has 0 spiro atoms. The van der Waals surface area contributed by atoms with Crippen LogP contribution in [0.1, 0.15) is 18.4 Å². The van der Waals surface area contributed by atoms with Gasteiger partial charge in [-0.05, 0) is 31.1 Å². The number of rotatable bonds is 5. The summed E-state index contributed by atoms with van der Waals surface area (Å²) in [7, 11) is -2.60. The van der Waals surface area contributed by atoms with Gasteiger partial charge in [0.05, 0.1) is 11.6 Å². The fourth-order valence-corrected chi connectivity index (χ4v) is 6.57. The van der Waals surface area contributed by atoms with Crippen molar-refractivity contribution < 1.29 is 27.4 Å². The summed E-state index contributed by atoms with van der Waals surface area (Å²) in [6.07, 6.45) is 2.74. The van der Waals surface area contributed by atoms with Crippen LogP contribution < -0.4 is 4.74 Å². The molecule has 192 valence electrons. The Morgan fingerprint density at radius 3 is 2.78 bits per heavy atom. The van der Waals surface area contributed by atoms with Crippen LogP contribution in [0, 0.1) is 5.82 Å². The van der Waals surface area contributed by atoms with Gasteiger partial charge in [-0.15, -0.1) is 0 Å². The van der Waals surface area contributed by atoms with Gasteiger partial charge in [-0.25, -0.2) is 17.8 Å². The Kier molecular flexibility index (Phi) is 6.44. The van der Waals surface area contributed by atoms with Crippen LogP contribution in [0.25, 0.3) is 11.3 Å². The van der Waals surface area contributed by atoms with Gasteiger partial charge in [-0.2, -0.15) is 4.31 Å². The molecule has 12 heteroatoms. The average Bonchev–Trinajstić information content (AvgIpc) is 3.70. The highest BCUT2D eigenvalue weighted by Gasteiger charge is 2.41. The Labute approximate surface area is 213 Å². The molecule has 1 saturated carbocycles. The van der Waals surface area contributed by atoms with Crippen molar-refractivity contribution in [1.82, 2.24) is 19.1 Å². The Balaban J connectivity index is 1.66. The van der Waals surface area contributed by atoms with E-state index >= 15 is 0 Å². The van der Waals surface area contributed by atoms with Crippen molar-refractivity contribution in [1.29, 1.82) is 0 Å². The molecule has 2 aromatic rings. The third-order valence-electron chi connectivity index (χ3n) is 6.94. The van der Waals surface area contributed by atoms with Gasteiger partial charge < -0.3 is 14.7 Å². The van der Waals surface area contributed by atoms with Crippen LogP contribution in [-0.4, -0.2) is 83.9 Å². The van der Waals surface area contributed by atoms with Crippen molar-refractivity contribution in [3.05, 3.63) is 47.3 Å². The van der Waals surface area contributed by atoms with Gasteiger partial charge in [0, 0.05) is 44.8 Å². The summed E-state index contributed by atoms with van der Waals surface area (Å²) < 4.78 is 49.6. The molecule has 0 bridgehead atoms. The van der Waals surface area contributed by atoms with Gasteiger partial charge in [0.1, 0.15) is 34.6 Å². The first-order valence-corrected chi connectivity index (χ1v) is 13.4. The predicted octanol–water partition coefficient (Wildman–Crippen LogP) is 2.62. The van der Waals surface area contributed by atoms with Gasteiger partial charge in [0.2, 0.25) is 5.91 Å².